The van der Waals surface area contributed by atoms with Gasteiger partial charge in [-0.3, -0.25) is 0 Å². The van der Waals surface area contributed by atoms with E-state index in [9.17, 15) is 0 Å². The van der Waals surface area contributed by atoms with Gasteiger partial charge in [0, 0.05) is 13.1 Å². The molecule has 0 radical (unpaired) electrons. The van der Waals surface area contributed by atoms with Crippen molar-refractivity contribution >= 4 is 0 Å². The number of hydrogen-bond donors (Lipinski definition) is 1. The smallest absolute Gasteiger partial charge is 0.0701 e. The standard InChI is InChI=1S/C7H15NO/c1-3-7-5-8-4-6(2)9-7/h6-8H,3-5H2,1-2H3. The summed E-state index contributed by atoms with van der Waals surface area (Å²) in [5.41, 5.74) is 0. The molecule has 1 rings (SSSR count). The van der Waals surface area contributed by atoms with Crippen LogP contribution in [0.2, 0.25) is 0 Å². The Morgan fingerprint density at radius 3 is 2.78 bits per heavy atom. The molecule has 1 saturated heterocycles. The molecule has 1 heterocycles. The van der Waals surface area contributed by atoms with Crippen molar-refractivity contribution in [3.63, 3.8) is 0 Å². The van der Waals surface area contributed by atoms with Gasteiger partial charge in [0.25, 0.3) is 0 Å². The number of nitrogens with one attached hydrogen (secondary N) is 1. The van der Waals surface area contributed by atoms with Crippen molar-refractivity contribution in [1.82, 2.24) is 5.32 Å². The molecule has 1 N–H and O–H groups in total. The summed E-state index contributed by atoms with van der Waals surface area (Å²) in [5, 5.41) is 3.31. The maximum Gasteiger partial charge on any atom is 0.0701 e. The highest BCUT2D eigenvalue weighted by molar-refractivity contribution is 4.69. The largest absolute Gasteiger partial charge is 0.373 e. The van der Waals surface area contributed by atoms with Gasteiger partial charge in [-0.15, -0.1) is 0 Å². The molecule has 0 bridgehead atoms. The highest BCUT2D eigenvalue weighted by atomic mass is 16.5. The van der Waals surface area contributed by atoms with Crippen LogP contribution in [0.5, 0.6) is 0 Å². The summed E-state index contributed by atoms with van der Waals surface area (Å²) in [6.07, 6.45) is 1.98. The Kier molecular flexibility index (Phi) is 2.49. The van der Waals surface area contributed by atoms with E-state index < -0.39 is 0 Å². The first-order valence-corrected chi connectivity index (χ1v) is 3.69. The van der Waals surface area contributed by atoms with E-state index in [1.165, 1.54) is 0 Å². The van der Waals surface area contributed by atoms with Crippen molar-refractivity contribution in [2.24, 2.45) is 0 Å². The predicted molar refractivity (Wildman–Crippen MR) is 37.5 cm³/mol. The number of ether oxygens (including phenoxy) is 1. The van der Waals surface area contributed by atoms with Crippen LogP contribution in [0, 0.1) is 0 Å². The SMILES string of the molecule is CCC1CNCC(C)O1. The highest BCUT2D eigenvalue weighted by Gasteiger charge is 2.15. The normalized spacial score (nSPS) is 36.7. The third kappa shape index (κ3) is 1.95. The van der Waals surface area contributed by atoms with Gasteiger partial charge in [0.1, 0.15) is 0 Å². The Labute approximate surface area is 56.6 Å². The fourth-order valence-electron chi connectivity index (χ4n) is 1.11. The van der Waals surface area contributed by atoms with Crippen LogP contribution in [-0.4, -0.2) is 25.3 Å². The zero-order valence-electron chi connectivity index (χ0n) is 6.18. The summed E-state index contributed by atoms with van der Waals surface area (Å²) in [7, 11) is 0. The van der Waals surface area contributed by atoms with Gasteiger partial charge in [0.05, 0.1) is 12.2 Å². The Morgan fingerprint density at radius 2 is 2.33 bits per heavy atom. The van der Waals surface area contributed by atoms with Crippen molar-refractivity contribution in [2.45, 2.75) is 32.5 Å². The average Bonchev–Trinajstić information content (AvgIpc) is 1.88. The molecule has 0 aromatic carbocycles. The topological polar surface area (TPSA) is 21.3 Å². The lowest BCUT2D eigenvalue weighted by Gasteiger charge is -2.27. The van der Waals surface area contributed by atoms with Gasteiger partial charge in [0.2, 0.25) is 0 Å². The molecule has 2 atom stereocenters. The van der Waals surface area contributed by atoms with E-state index >= 15 is 0 Å². The van der Waals surface area contributed by atoms with Crippen LogP contribution in [0.3, 0.4) is 0 Å². The third-order valence-electron chi connectivity index (χ3n) is 1.68. The first kappa shape index (κ1) is 7.03. The zero-order chi connectivity index (χ0) is 6.69. The molecule has 0 amide bonds. The molecule has 2 unspecified atom stereocenters. The predicted octanol–water partition coefficient (Wildman–Crippen LogP) is 0.773. The van der Waals surface area contributed by atoms with E-state index in [-0.39, 0.29) is 0 Å². The Bertz CT molecular complexity index is 85.0. The number of hydrogen-bond acceptors (Lipinski definition) is 2. The molecule has 1 aliphatic rings. The number of rotatable bonds is 1. The van der Waals surface area contributed by atoms with E-state index in [2.05, 4.69) is 19.2 Å². The monoisotopic (exact) mass is 129 g/mol. The Hall–Kier alpha value is -0.0800. The van der Waals surface area contributed by atoms with Crippen molar-refractivity contribution in [3.05, 3.63) is 0 Å². The summed E-state index contributed by atoms with van der Waals surface area (Å²) in [4.78, 5) is 0. The van der Waals surface area contributed by atoms with E-state index in [0.717, 1.165) is 19.5 Å². The number of morpholine rings is 1. The van der Waals surface area contributed by atoms with Crippen molar-refractivity contribution in [1.29, 1.82) is 0 Å². The minimum atomic E-state index is 0.406. The molecule has 0 aromatic rings. The van der Waals surface area contributed by atoms with Crippen molar-refractivity contribution in [2.75, 3.05) is 13.1 Å². The lowest BCUT2D eigenvalue weighted by atomic mass is 10.2. The first-order valence-electron chi connectivity index (χ1n) is 3.69. The quantitative estimate of drug-likeness (QED) is 0.564. The summed E-state index contributed by atoms with van der Waals surface area (Å²) >= 11 is 0. The summed E-state index contributed by atoms with van der Waals surface area (Å²) < 4.78 is 5.57. The molecule has 0 spiro atoms. The summed E-state index contributed by atoms with van der Waals surface area (Å²) in [6.45, 7) is 6.30. The van der Waals surface area contributed by atoms with Gasteiger partial charge in [-0.1, -0.05) is 6.92 Å². The molecule has 1 fully saturated rings. The fourth-order valence-corrected chi connectivity index (χ4v) is 1.11. The molecule has 1 aliphatic heterocycles. The molecular formula is C7H15NO. The second kappa shape index (κ2) is 3.18. The van der Waals surface area contributed by atoms with Gasteiger partial charge >= 0.3 is 0 Å². The van der Waals surface area contributed by atoms with Crippen LogP contribution >= 0.6 is 0 Å². The summed E-state index contributed by atoms with van der Waals surface area (Å²) in [5.74, 6) is 0. The maximum absolute atomic E-state index is 5.57. The van der Waals surface area contributed by atoms with Crippen LogP contribution in [-0.2, 0) is 4.74 Å². The molecular weight excluding hydrogens is 114 g/mol. The maximum atomic E-state index is 5.57. The van der Waals surface area contributed by atoms with E-state index in [1.54, 1.807) is 0 Å². The Morgan fingerprint density at radius 1 is 1.56 bits per heavy atom. The van der Waals surface area contributed by atoms with Gasteiger partial charge in [-0.25, -0.2) is 0 Å². The van der Waals surface area contributed by atoms with Crippen LogP contribution in [0.4, 0.5) is 0 Å². The zero-order valence-corrected chi connectivity index (χ0v) is 6.18. The molecule has 54 valence electrons. The van der Waals surface area contributed by atoms with E-state index in [4.69, 9.17) is 4.74 Å². The fraction of sp³-hybridized carbons (Fsp3) is 1.00. The molecule has 2 heteroatoms. The molecule has 2 nitrogen and oxygen atoms in total. The molecule has 0 saturated carbocycles. The Balaban J connectivity index is 2.23. The minimum absolute atomic E-state index is 0.406. The third-order valence-corrected chi connectivity index (χ3v) is 1.68. The lowest BCUT2D eigenvalue weighted by Crippen LogP contribution is -2.42. The second-order valence-corrected chi connectivity index (χ2v) is 2.64. The van der Waals surface area contributed by atoms with Crippen LogP contribution in [0.15, 0.2) is 0 Å². The van der Waals surface area contributed by atoms with Crippen molar-refractivity contribution in [3.8, 4) is 0 Å². The van der Waals surface area contributed by atoms with Crippen LogP contribution in [0.1, 0.15) is 20.3 Å². The first-order chi connectivity index (χ1) is 4.33. The van der Waals surface area contributed by atoms with Gasteiger partial charge in [-0.2, -0.15) is 0 Å². The molecule has 0 aliphatic carbocycles. The molecule has 9 heavy (non-hydrogen) atoms. The van der Waals surface area contributed by atoms with E-state index in [0.29, 0.717) is 12.2 Å². The van der Waals surface area contributed by atoms with Crippen molar-refractivity contribution < 1.29 is 4.74 Å². The lowest BCUT2D eigenvalue weighted by molar-refractivity contribution is -0.0283. The van der Waals surface area contributed by atoms with Gasteiger partial charge in [-0.05, 0) is 13.3 Å². The minimum Gasteiger partial charge on any atom is -0.373 e. The van der Waals surface area contributed by atoms with Crippen LogP contribution < -0.4 is 5.32 Å². The summed E-state index contributed by atoms with van der Waals surface area (Å²) in [6, 6.07) is 0. The van der Waals surface area contributed by atoms with E-state index in [1.807, 2.05) is 0 Å². The van der Waals surface area contributed by atoms with Gasteiger partial charge < -0.3 is 10.1 Å². The van der Waals surface area contributed by atoms with Gasteiger partial charge in [0.15, 0.2) is 0 Å². The van der Waals surface area contributed by atoms with Crippen LogP contribution in [0.25, 0.3) is 0 Å². The molecule has 0 aromatic heterocycles. The average molecular weight is 129 g/mol. The second-order valence-electron chi connectivity index (χ2n) is 2.64. The highest BCUT2D eigenvalue weighted by Crippen LogP contribution is 2.05.